The van der Waals surface area contributed by atoms with Gasteiger partial charge in [-0.25, -0.2) is 27.4 Å². The predicted molar refractivity (Wildman–Crippen MR) is 153 cm³/mol. The zero-order valence-corrected chi connectivity index (χ0v) is 25.3. The normalized spacial score (nSPS) is 16.7. The van der Waals surface area contributed by atoms with Crippen LogP contribution in [0.4, 0.5) is 15.8 Å². The molecule has 2 aromatic rings. The molecule has 1 aliphatic heterocycles. The number of nitrogens with zero attached hydrogens (tertiary/aromatic N) is 2. The molecule has 44 heavy (non-hydrogen) atoms. The first-order valence-corrected chi connectivity index (χ1v) is 15.4. The van der Waals surface area contributed by atoms with Crippen molar-refractivity contribution in [3.05, 3.63) is 41.3 Å². The smallest absolute Gasteiger partial charge is 0.394 e. The average molecular weight is 638 g/mol. The van der Waals surface area contributed by atoms with Gasteiger partial charge in [-0.2, -0.15) is 0 Å². The third-order valence-electron chi connectivity index (χ3n) is 6.74. The van der Waals surface area contributed by atoms with Crippen LogP contribution in [0.3, 0.4) is 0 Å². The highest BCUT2D eigenvalue weighted by atomic mass is 32.2. The predicted octanol–water partition coefficient (Wildman–Crippen LogP) is 1.98. The maximum absolute atomic E-state index is 15.6. The average Bonchev–Trinajstić information content (AvgIpc) is 3.28. The molecular weight excluding hydrogens is 605 g/mol. The number of carboxylic acid groups (broad SMARTS) is 2. The molecule has 1 aliphatic rings. The van der Waals surface area contributed by atoms with Crippen molar-refractivity contribution in [1.29, 1.82) is 0 Å². The lowest BCUT2D eigenvalue weighted by atomic mass is 9.81. The van der Waals surface area contributed by atoms with Gasteiger partial charge in [0.15, 0.2) is 5.75 Å². The van der Waals surface area contributed by atoms with Gasteiger partial charge in [0, 0.05) is 29.8 Å². The molecule has 1 aromatic carbocycles. The monoisotopic (exact) mass is 637 g/mol. The van der Waals surface area contributed by atoms with Gasteiger partial charge in [-0.1, -0.05) is 13.8 Å². The van der Waals surface area contributed by atoms with Crippen LogP contribution in [-0.2, 0) is 33.8 Å². The summed E-state index contributed by atoms with van der Waals surface area (Å²) in [6.07, 6.45) is 0.794. The van der Waals surface area contributed by atoms with E-state index in [2.05, 4.69) is 10.3 Å². The Hall–Kier alpha value is -4.60. The number of benzene rings is 1. The Morgan fingerprint density at radius 1 is 1.09 bits per heavy atom. The van der Waals surface area contributed by atoms with E-state index >= 15 is 4.39 Å². The number of ether oxygens (including phenoxy) is 2. The van der Waals surface area contributed by atoms with Crippen molar-refractivity contribution in [3.8, 4) is 11.6 Å². The standard InChI is InChI=1S/C28H32FN3O11S/c1-6-43-25-18(42-4)10-9-16(31-25)14(12-44(5,40)41)22-21(24(34)27(36)37)20-17(30-19(33)11-13(2)3)8-7-15(29)23(20)32(22)26(35)28(38)39/h7-10,13-14,21-22H,6,11-12H2,1-5H3,(H,30,33)(H,36,37)(H,38,39). The van der Waals surface area contributed by atoms with Crippen molar-refractivity contribution in [2.24, 2.45) is 5.92 Å². The third kappa shape index (κ3) is 7.12. The largest absolute Gasteiger partial charge is 0.491 e. The number of sulfone groups is 1. The molecule has 1 aromatic heterocycles. The van der Waals surface area contributed by atoms with E-state index in [4.69, 9.17) is 9.47 Å². The molecule has 0 aliphatic carbocycles. The van der Waals surface area contributed by atoms with E-state index in [0.717, 1.165) is 18.4 Å². The summed E-state index contributed by atoms with van der Waals surface area (Å²) in [6.45, 7) is 5.20. The van der Waals surface area contributed by atoms with Gasteiger partial charge < -0.3 is 25.0 Å². The number of hydrogen-bond acceptors (Lipinski definition) is 10. The Morgan fingerprint density at radius 3 is 2.27 bits per heavy atom. The number of Topliss-reactive ketones (excluding diaryl/α,β-unsaturated/α-hetero) is 1. The SMILES string of the molecule is CCOc1nc(C(CS(C)(=O)=O)C2C(C(=O)C(=O)O)c3c(NC(=O)CC(C)C)ccc(F)c3N2C(=O)C(=O)O)ccc1OC. The number of carboxylic acids is 2. The number of carbonyl (C=O) groups is 5. The first kappa shape index (κ1) is 33.9. The third-order valence-corrected chi connectivity index (χ3v) is 7.71. The molecule has 0 saturated heterocycles. The quantitative estimate of drug-likeness (QED) is 0.286. The summed E-state index contributed by atoms with van der Waals surface area (Å²) < 4.78 is 51.8. The van der Waals surface area contributed by atoms with Crippen molar-refractivity contribution < 1.29 is 56.5 Å². The second-order valence-electron chi connectivity index (χ2n) is 10.5. The van der Waals surface area contributed by atoms with E-state index in [-0.39, 0.29) is 42.0 Å². The van der Waals surface area contributed by atoms with Crippen molar-refractivity contribution in [2.45, 2.75) is 45.1 Å². The Morgan fingerprint density at radius 2 is 1.75 bits per heavy atom. The lowest BCUT2D eigenvalue weighted by molar-refractivity contribution is -0.150. The lowest BCUT2D eigenvalue weighted by Crippen LogP contribution is -2.50. The van der Waals surface area contributed by atoms with E-state index in [1.807, 2.05) is 0 Å². The number of aliphatic carboxylic acids is 2. The van der Waals surface area contributed by atoms with Crippen LogP contribution in [0.25, 0.3) is 0 Å². The molecule has 238 valence electrons. The van der Waals surface area contributed by atoms with Crippen molar-refractivity contribution in [1.82, 2.24) is 4.98 Å². The number of nitrogens with one attached hydrogen (secondary N) is 1. The minimum absolute atomic E-state index is 0.0302. The number of halogens is 1. The summed E-state index contributed by atoms with van der Waals surface area (Å²) >= 11 is 0. The van der Waals surface area contributed by atoms with Crippen LogP contribution in [0.5, 0.6) is 11.6 Å². The van der Waals surface area contributed by atoms with E-state index < -0.39 is 80.1 Å². The Kier molecular flexibility index (Phi) is 10.3. The van der Waals surface area contributed by atoms with Gasteiger partial charge in [0.2, 0.25) is 11.7 Å². The number of rotatable bonds is 12. The van der Waals surface area contributed by atoms with E-state index in [9.17, 15) is 42.6 Å². The van der Waals surface area contributed by atoms with Gasteiger partial charge >= 0.3 is 17.8 Å². The van der Waals surface area contributed by atoms with Gasteiger partial charge in [-0.15, -0.1) is 0 Å². The maximum Gasteiger partial charge on any atom is 0.394 e. The summed E-state index contributed by atoms with van der Waals surface area (Å²) in [5.74, 6) is -14.0. The summed E-state index contributed by atoms with van der Waals surface area (Å²) in [4.78, 5) is 68.3. The van der Waals surface area contributed by atoms with Gasteiger partial charge in [-0.3, -0.25) is 19.3 Å². The molecule has 0 bridgehead atoms. The molecule has 0 saturated carbocycles. The number of aromatic nitrogens is 1. The first-order chi connectivity index (χ1) is 20.5. The Labute approximate surface area is 252 Å². The summed E-state index contributed by atoms with van der Waals surface area (Å²) in [7, 11) is -2.74. The number of anilines is 2. The summed E-state index contributed by atoms with van der Waals surface area (Å²) in [5.41, 5.74) is -1.70. The number of ketones is 1. The second kappa shape index (κ2) is 13.4. The molecule has 14 nitrogen and oxygen atoms in total. The minimum Gasteiger partial charge on any atom is -0.491 e. The highest BCUT2D eigenvalue weighted by Crippen LogP contribution is 2.51. The molecule has 2 amide bonds. The van der Waals surface area contributed by atoms with Gasteiger partial charge in [0.25, 0.3) is 5.88 Å². The number of carbonyl (C=O) groups excluding carboxylic acids is 3. The van der Waals surface area contributed by atoms with Gasteiger partial charge in [0.1, 0.15) is 15.7 Å². The topological polar surface area (TPSA) is 207 Å². The number of amides is 2. The van der Waals surface area contributed by atoms with Gasteiger partial charge in [-0.05, 0) is 37.1 Å². The van der Waals surface area contributed by atoms with Crippen LogP contribution in [0.15, 0.2) is 24.3 Å². The highest BCUT2D eigenvalue weighted by molar-refractivity contribution is 7.90. The molecule has 0 radical (unpaired) electrons. The fourth-order valence-electron chi connectivity index (χ4n) is 5.19. The van der Waals surface area contributed by atoms with Crippen LogP contribution >= 0.6 is 0 Å². The molecule has 0 spiro atoms. The Balaban J connectivity index is 2.45. The minimum atomic E-state index is -4.05. The number of hydrogen-bond donors (Lipinski definition) is 3. The van der Waals surface area contributed by atoms with Crippen molar-refractivity contribution in [2.75, 3.05) is 35.9 Å². The molecule has 2 heterocycles. The van der Waals surface area contributed by atoms with Crippen molar-refractivity contribution in [3.63, 3.8) is 0 Å². The van der Waals surface area contributed by atoms with Crippen LogP contribution < -0.4 is 19.7 Å². The van der Waals surface area contributed by atoms with E-state index in [1.54, 1.807) is 20.8 Å². The van der Waals surface area contributed by atoms with Crippen LogP contribution in [-0.4, -0.2) is 84.9 Å². The summed E-state index contributed by atoms with van der Waals surface area (Å²) in [6, 6.07) is 2.53. The fraction of sp³-hybridized carbons (Fsp3) is 0.429. The Bertz CT molecular complexity index is 1610. The molecule has 3 unspecified atom stereocenters. The highest BCUT2D eigenvalue weighted by Gasteiger charge is 2.55. The fourth-order valence-corrected chi connectivity index (χ4v) is 6.21. The zero-order chi connectivity index (χ0) is 33.1. The van der Waals surface area contributed by atoms with E-state index in [0.29, 0.717) is 4.90 Å². The first-order valence-electron chi connectivity index (χ1n) is 13.3. The number of fused-ring (bicyclic) bond motifs is 1. The number of methoxy groups -OCH3 is 1. The molecule has 3 atom stereocenters. The molecule has 0 fully saturated rings. The van der Waals surface area contributed by atoms with Crippen LogP contribution in [0.1, 0.15) is 50.3 Å². The molecule has 3 rings (SSSR count). The maximum atomic E-state index is 15.6. The zero-order valence-electron chi connectivity index (χ0n) is 24.5. The molecular formula is C28H32FN3O11S. The molecule has 3 N–H and O–H groups in total. The van der Waals surface area contributed by atoms with Crippen LogP contribution in [0, 0.1) is 11.7 Å². The van der Waals surface area contributed by atoms with Gasteiger partial charge in [0.05, 0.1) is 42.8 Å². The summed E-state index contributed by atoms with van der Waals surface area (Å²) in [5, 5.41) is 22.1. The lowest BCUT2D eigenvalue weighted by Gasteiger charge is -2.33. The van der Waals surface area contributed by atoms with Crippen molar-refractivity contribution >= 4 is 50.7 Å². The van der Waals surface area contributed by atoms with E-state index in [1.165, 1.54) is 19.2 Å². The molecule has 16 heteroatoms. The number of pyridine rings is 1. The van der Waals surface area contributed by atoms with Crippen LogP contribution in [0.2, 0.25) is 0 Å². The second-order valence-corrected chi connectivity index (χ2v) is 12.7.